The molecule has 1 atom stereocenters. The minimum absolute atomic E-state index is 0.0962. The van der Waals surface area contributed by atoms with Gasteiger partial charge in [0.25, 0.3) is 0 Å². The van der Waals surface area contributed by atoms with E-state index < -0.39 is 0 Å². The fraction of sp³-hybridized carbons (Fsp3) is 0.652. The van der Waals surface area contributed by atoms with Gasteiger partial charge in [-0.05, 0) is 37.0 Å². The van der Waals surface area contributed by atoms with Gasteiger partial charge in [0.1, 0.15) is 5.75 Å². The molecule has 0 N–H and O–H groups in total. The summed E-state index contributed by atoms with van der Waals surface area (Å²) in [5, 5.41) is 0. The van der Waals surface area contributed by atoms with Gasteiger partial charge in [0.15, 0.2) is 0 Å². The highest BCUT2D eigenvalue weighted by Crippen LogP contribution is 2.50. The Balaban J connectivity index is 1.37. The van der Waals surface area contributed by atoms with Crippen LogP contribution in [0, 0.1) is 0 Å². The molecule has 7 heteroatoms. The van der Waals surface area contributed by atoms with Gasteiger partial charge in [0, 0.05) is 46.2 Å². The minimum Gasteiger partial charge on any atom is -0.497 e. The predicted octanol–water partition coefficient (Wildman–Crippen LogP) is 1.51. The summed E-state index contributed by atoms with van der Waals surface area (Å²) in [6.07, 6.45) is 2.65. The van der Waals surface area contributed by atoms with Crippen LogP contribution in [0.2, 0.25) is 0 Å². The number of likely N-dealkylation sites (tertiary alicyclic amines) is 1. The molecule has 2 amide bonds. The van der Waals surface area contributed by atoms with E-state index in [2.05, 4.69) is 4.90 Å². The van der Waals surface area contributed by atoms with Gasteiger partial charge in [-0.15, -0.1) is 0 Å². The summed E-state index contributed by atoms with van der Waals surface area (Å²) in [6.45, 7) is 7.95. The molecule has 0 radical (unpaired) electrons. The van der Waals surface area contributed by atoms with Crippen LogP contribution in [-0.2, 0) is 19.7 Å². The SMILES string of the molecule is COc1ccc(C2(C(=O)N3CCC(N(CCN4CCOCC4)C(C)=O)C3)CC2)cc1. The first-order valence-electron chi connectivity index (χ1n) is 11.0. The van der Waals surface area contributed by atoms with Crippen molar-refractivity contribution in [3.63, 3.8) is 0 Å². The molecule has 1 aliphatic carbocycles. The standard InChI is InChI=1S/C23H33N3O4/c1-18(27)26(12-11-24-13-15-30-16-14-24)20-7-10-25(17-20)22(28)23(8-9-23)19-3-5-21(29-2)6-4-19/h3-6,20H,7-17H2,1-2H3. The van der Waals surface area contributed by atoms with Gasteiger partial charge in [-0.1, -0.05) is 12.1 Å². The molecule has 2 heterocycles. The predicted molar refractivity (Wildman–Crippen MR) is 114 cm³/mol. The van der Waals surface area contributed by atoms with Crippen LogP contribution in [0.1, 0.15) is 31.7 Å². The van der Waals surface area contributed by atoms with Crippen LogP contribution in [0.3, 0.4) is 0 Å². The smallest absolute Gasteiger partial charge is 0.233 e. The maximum atomic E-state index is 13.4. The third-order valence-electron chi connectivity index (χ3n) is 6.86. The number of methoxy groups -OCH3 is 1. The van der Waals surface area contributed by atoms with E-state index >= 15 is 0 Å². The quantitative estimate of drug-likeness (QED) is 0.676. The molecule has 0 spiro atoms. The zero-order chi connectivity index (χ0) is 21.1. The van der Waals surface area contributed by atoms with Crippen molar-refractivity contribution in [1.29, 1.82) is 0 Å². The molecule has 3 aliphatic rings. The van der Waals surface area contributed by atoms with Crippen LogP contribution in [-0.4, -0.2) is 92.1 Å². The molecule has 4 rings (SSSR count). The average molecular weight is 416 g/mol. The number of hydrogen-bond acceptors (Lipinski definition) is 5. The zero-order valence-corrected chi connectivity index (χ0v) is 18.1. The topological polar surface area (TPSA) is 62.3 Å². The molecular formula is C23H33N3O4. The summed E-state index contributed by atoms with van der Waals surface area (Å²) in [7, 11) is 1.65. The minimum atomic E-state index is -0.379. The van der Waals surface area contributed by atoms with E-state index in [1.807, 2.05) is 34.1 Å². The Bertz CT molecular complexity index is 756. The highest BCUT2D eigenvalue weighted by molar-refractivity contribution is 5.91. The van der Waals surface area contributed by atoms with Crippen molar-refractivity contribution in [2.75, 3.05) is 59.6 Å². The number of morpholine rings is 1. The van der Waals surface area contributed by atoms with E-state index in [1.165, 1.54) is 0 Å². The number of rotatable bonds is 7. The number of hydrogen-bond donors (Lipinski definition) is 0. The van der Waals surface area contributed by atoms with Crippen molar-refractivity contribution in [2.45, 2.75) is 37.6 Å². The van der Waals surface area contributed by atoms with E-state index in [0.717, 1.165) is 70.0 Å². The molecule has 0 bridgehead atoms. The second kappa shape index (κ2) is 8.94. The van der Waals surface area contributed by atoms with Gasteiger partial charge in [-0.25, -0.2) is 0 Å². The monoisotopic (exact) mass is 415 g/mol. The molecular weight excluding hydrogens is 382 g/mol. The molecule has 7 nitrogen and oxygen atoms in total. The summed E-state index contributed by atoms with van der Waals surface area (Å²) in [4.78, 5) is 32.0. The first-order chi connectivity index (χ1) is 14.5. The number of carbonyl (C=O) groups is 2. The van der Waals surface area contributed by atoms with Crippen LogP contribution in [0.15, 0.2) is 24.3 Å². The second-order valence-electron chi connectivity index (χ2n) is 8.67. The summed E-state index contributed by atoms with van der Waals surface area (Å²) in [6, 6.07) is 8.00. The third-order valence-corrected chi connectivity index (χ3v) is 6.86. The van der Waals surface area contributed by atoms with Gasteiger partial charge in [-0.3, -0.25) is 14.5 Å². The molecule has 1 unspecified atom stereocenters. The van der Waals surface area contributed by atoms with Crippen LogP contribution >= 0.6 is 0 Å². The van der Waals surface area contributed by atoms with E-state index in [9.17, 15) is 9.59 Å². The Morgan fingerprint density at radius 1 is 1.17 bits per heavy atom. The normalized spacial score (nSPS) is 23.3. The molecule has 2 aliphatic heterocycles. The van der Waals surface area contributed by atoms with Crippen molar-refractivity contribution in [1.82, 2.24) is 14.7 Å². The summed E-state index contributed by atoms with van der Waals surface area (Å²) >= 11 is 0. The Kier molecular flexibility index (Phi) is 6.29. The van der Waals surface area contributed by atoms with E-state index in [0.29, 0.717) is 13.1 Å². The molecule has 0 aromatic heterocycles. The van der Waals surface area contributed by atoms with Gasteiger partial charge < -0.3 is 19.3 Å². The fourth-order valence-electron chi connectivity index (χ4n) is 4.82. The summed E-state index contributed by atoms with van der Waals surface area (Å²) in [5.74, 6) is 1.12. The lowest BCUT2D eigenvalue weighted by molar-refractivity contribution is -0.135. The van der Waals surface area contributed by atoms with Crippen molar-refractivity contribution in [3.05, 3.63) is 29.8 Å². The Morgan fingerprint density at radius 2 is 1.87 bits per heavy atom. The highest BCUT2D eigenvalue weighted by atomic mass is 16.5. The summed E-state index contributed by atoms with van der Waals surface area (Å²) < 4.78 is 10.7. The number of amides is 2. The lowest BCUT2D eigenvalue weighted by Gasteiger charge is -2.33. The van der Waals surface area contributed by atoms with Crippen molar-refractivity contribution in [2.24, 2.45) is 0 Å². The molecule has 1 saturated carbocycles. The Hall–Kier alpha value is -2.12. The number of ether oxygens (including phenoxy) is 2. The maximum Gasteiger partial charge on any atom is 0.233 e. The summed E-state index contributed by atoms with van der Waals surface area (Å²) in [5.41, 5.74) is 0.697. The Labute approximate surface area is 178 Å². The second-order valence-corrected chi connectivity index (χ2v) is 8.67. The molecule has 30 heavy (non-hydrogen) atoms. The number of benzene rings is 1. The van der Waals surface area contributed by atoms with Gasteiger partial charge >= 0.3 is 0 Å². The molecule has 3 fully saturated rings. The third kappa shape index (κ3) is 4.32. The average Bonchev–Trinajstić information content (AvgIpc) is 3.45. The first kappa shape index (κ1) is 21.1. The number of nitrogens with zero attached hydrogens (tertiary/aromatic N) is 3. The lowest BCUT2D eigenvalue weighted by atomic mass is 9.94. The van der Waals surface area contributed by atoms with E-state index in [1.54, 1.807) is 14.0 Å². The van der Waals surface area contributed by atoms with Crippen molar-refractivity contribution >= 4 is 11.8 Å². The van der Waals surface area contributed by atoms with Gasteiger partial charge in [-0.2, -0.15) is 0 Å². The largest absolute Gasteiger partial charge is 0.497 e. The first-order valence-corrected chi connectivity index (χ1v) is 11.0. The number of carbonyl (C=O) groups excluding carboxylic acids is 2. The molecule has 1 aromatic carbocycles. The van der Waals surface area contributed by atoms with Crippen LogP contribution in [0.5, 0.6) is 5.75 Å². The van der Waals surface area contributed by atoms with E-state index in [-0.39, 0.29) is 23.3 Å². The van der Waals surface area contributed by atoms with Crippen molar-refractivity contribution < 1.29 is 19.1 Å². The fourth-order valence-corrected chi connectivity index (χ4v) is 4.82. The van der Waals surface area contributed by atoms with E-state index in [4.69, 9.17) is 9.47 Å². The van der Waals surface area contributed by atoms with Gasteiger partial charge in [0.2, 0.25) is 11.8 Å². The highest BCUT2D eigenvalue weighted by Gasteiger charge is 2.54. The lowest BCUT2D eigenvalue weighted by Crippen LogP contribution is -2.47. The van der Waals surface area contributed by atoms with Crippen LogP contribution in [0.25, 0.3) is 0 Å². The van der Waals surface area contributed by atoms with Crippen LogP contribution < -0.4 is 4.74 Å². The zero-order valence-electron chi connectivity index (χ0n) is 18.1. The van der Waals surface area contributed by atoms with Crippen molar-refractivity contribution in [3.8, 4) is 5.75 Å². The molecule has 2 saturated heterocycles. The van der Waals surface area contributed by atoms with Gasteiger partial charge in [0.05, 0.1) is 31.8 Å². The molecule has 1 aromatic rings. The Morgan fingerprint density at radius 3 is 2.47 bits per heavy atom. The van der Waals surface area contributed by atoms with Crippen LogP contribution in [0.4, 0.5) is 0 Å². The molecule has 164 valence electrons. The maximum absolute atomic E-state index is 13.4.